The fourth-order valence-electron chi connectivity index (χ4n) is 1.80. The predicted molar refractivity (Wildman–Crippen MR) is 83.4 cm³/mol. The van der Waals surface area contributed by atoms with Crippen LogP contribution in [-0.4, -0.2) is 14.1 Å². The summed E-state index contributed by atoms with van der Waals surface area (Å²) in [5.41, 5.74) is 3.55. The SMILES string of the molecule is CN(C)c1ccc(Br)c(COCc2ccccc2)c1. The lowest BCUT2D eigenvalue weighted by atomic mass is 10.2. The average Bonchev–Trinajstić information content (AvgIpc) is 2.42. The van der Waals surface area contributed by atoms with Crippen LogP contribution in [0.1, 0.15) is 11.1 Å². The average molecular weight is 320 g/mol. The van der Waals surface area contributed by atoms with Crippen LogP contribution in [0.3, 0.4) is 0 Å². The third kappa shape index (κ3) is 4.08. The fraction of sp³-hybridized carbons (Fsp3) is 0.250. The maximum atomic E-state index is 5.77. The molecule has 0 N–H and O–H groups in total. The molecule has 0 aromatic heterocycles. The second-order valence-electron chi connectivity index (χ2n) is 4.65. The number of hydrogen-bond acceptors (Lipinski definition) is 2. The molecule has 3 heteroatoms. The lowest BCUT2D eigenvalue weighted by molar-refractivity contribution is 0.107. The van der Waals surface area contributed by atoms with Gasteiger partial charge >= 0.3 is 0 Å². The van der Waals surface area contributed by atoms with Crippen molar-refractivity contribution < 1.29 is 4.74 Å². The molecule has 0 aliphatic rings. The van der Waals surface area contributed by atoms with E-state index in [0.717, 1.165) is 4.47 Å². The summed E-state index contributed by atoms with van der Waals surface area (Å²) in [6.07, 6.45) is 0. The molecule has 2 aromatic rings. The molecule has 0 saturated heterocycles. The molecule has 2 rings (SSSR count). The molecule has 0 aliphatic heterocycles. The van der Waals surface area contributed by atoms with Crippen molar-refractivity contribution in [2.75, 3.05) is 19.0 Å². The van der Waals surface area contributed by atoms with Gasteiger partial charge in [-0.15, -0.1) is 0 Å². The monoisotopic (exact) mass is 319 g/mol. The zero-order chi connectivity index (χ0) is 13.7. The minimum Gasteiger partial charge on any atom is -0.378 e. The van der Waals surface area contributed by atoms with Gasteiger partial charge in [0.25, 0.3) is 0 Å². The third-order valence-electron chi connectivity index (χ3n) is 2.91. The maximum absolute atomic E-state index is 5.77. The van der Waals surface area contributed by atoms with Gasteiger partial charge in [-0.2, -0.15) is 0 Å². The minimum absolute atomic E-state index is 0.608. The Morgan fingerprint density at radius 3 is 2.42 bits per heavy atom. The van der Waals surface area contributed by atoms with Crippen LogP contribution in [-0.2, 0) is 18.0 Å². The van der Waals surface area contributed by atoms with Crippen molar-refractivity contribution in [1.82, 2.24) is 0 Å². The summed E-state index contributed by atoms with van der Waals surface area (Å²) in [7, 11) is 4.08. The van der Waals surface area contributed by atoms with Crippen molar-refractivity contribution >= 4 is 21.6 Å². The van der Waals surface area contributed by atoms with Crippen LogP contribution in [0.4, 0.5) is 5.69 Å². The summed E-state index contributed by atoms with van der Waals surface area (Å²) < 4.78 is 6.86. The molecule has 0 fully saturated rings. The summed E-state index contributed by atoms with van der Waals surface area (Å²) in [5, 5.41) is 0. The summed E-state index contributed by atoms with van der Waals surface area (Å²) in [4.78, 5) is 2.09. The van der Waals surface area contributed by atoms with Crippen molar-refractivity contribution in [2.24, 2.45) is 0 Å². The van der Waals surface area contributed by atoms with Crippen LogP contribution in [0, 0.1) is 0 Å². The van der Waals surface area contributed by atoms with E-state index in [2.05, 4.69) is 51.2 Å². The molecular formula is C16H18BrNO. The Kier molecular flexibility index (Phi) is 5.00. The number of ether oxygens (including phenoxy) is 1. The smallest absolute Gasteiger partial charge is 0.0733 e. The number of nitrogens with zero attached hydrogens (tertiary/aromatic N) is 1. The van der Waals surface area contributed by atoms with Crippen LogP contribution in [0.5, 0.6) is 0 Å². The number of anilines is 1. The van der Waals surface area contributed by atoms with Gasteiger partial charge in [-0.05, 0) is 29.3 Å². The minimum atomic E-state index is 0.608. The molecule has 0 aliphatic carbocycles. The first kappa shape index (κ1) is 14.1. The number of benzene rings is 2. The van der Waals surface area contributed by atoms with Crippen LogP contribution in [0.25, 0.3) is 0 Å². The molecule has 0 atom stereocenters. The molecule has 19 heavy (non-hydrogen) atoms. The molecule has 0 bridgehead atoms. The first-order chi connectivity index (χ1) is 9.16. The highest BCUT2D eigenvalue weighted by molar-refractivity contribution is 9.10. The number of hydrogen-bond donors (Lipinski definition) is 0. The van der Waals surface area contributed by atoms with Crippen molar-refractivity contribution in [1.29, 1.82) is 0 Å². The van der Waals surface area contributed by atoms with Gasteiger partial charge in [-0.3, -0.25) is 0 Å². The molecule has 0 radical (unpaired) electrons. The Hall–Kier alpha value is -1.32. The first-order valence-electron chi connectivity index (χ1n) is 6.24. The lowest BCUT2D eigenvalue weighted by Crippen LogP contribution is -2.09. The normalized spacial score (nSPS) is 10.5. The van der Waals surface area contributed by atoms with Gasteiger partial charge in [0.2, 0.25) is 0 Å². The standard InChI is InChI=1S/C16H18BrNO/c1-18(2)15-8-9-16(17)14(10-15)12-19-11-13-6-4-3-5-7-13/h3-10H,11-12H2,1-2H3. The molecular weight excluding hydrogens is 302 g/mol. The quantitative estimate of drug-likeness (QED) is 0.817. The second kappa shape index (κ2) is 6.73. The van der Waals surface area contributed by atoms with E-state index in [1.807, 2.05) is 32.3 Å². The largest absolute Gasteiger partial charge is 0.378 e. The first-order valence-corrected chi connectivity index (χ1v) is 7.03. The fourth-order valence-corrected chi connectivity index (χ4v) is 2.16. The topological polar surface area (TPSA) is 12.5 Å². The molecule has 100 valence electrons. The molecule has 0 amide bonds. The van der Waals surface area contributed by atoms with Crippen molar-refractivity contribution in [3.63, 3.8) is 0 Å². The van der Waals surface area contributed by atoms with E-state index in [9.17, 15) is 0 Å². The molecule has 2 aromatic carbocycles. The Morgan fingerprint density at radius 1 is 1.00 bits per heavy atom. The van der Waals surface area contributed by atoms with Crippen LogP contribution in [0.15, 0.2) is 53.0 Å². The Bertz CT molecular complexity index is 526. The molecule has 2 nitrogen and oxygen atoms in total. The number of rotatable bonds is 5. The highest BCUT2D eigenvalue weighted by Crippen LogP contribution is 2.23. The van der Waals surface area contributed by atoms with E-state index in [4.69, 9.17) is 4.74 Å². The Labute approximate surface area is 123 Å². The Balaban J connectivity index is 1.97. The summed E-state index contributed by atoms with van der Waals surface area (Å²) in [5.74, 6) is 0. The van der Waals surface area contributed by atoms with Crippen molar-refractivity contribution in [2.45, 2.75) is 13.2 Å². The molecule has 0 spiro atoms. The van der Waals surface area contributed by atoms with Crippen molar-refractivity contribution in [3.8, 4) is 0 Å². The van der Waals surface area contributed by atoms with Gasteiger partial charge in [0.05, 0.1) is 13.2 Å². The third-order valence-corrected chi connectivity index (χ3v) is 3.69. The van der Waals surface area contributed by atoms with Gasteiger partial charge in [-0.1, -0.05) is 46.3 Å². The van der Waals surface area contributed by atoms with Crippen LogP contribution in [0.2, 0.25) is 0 Å². The molecule has 0 unspecified atom stereocenters. The highest BCUT2D eigenvalue weighted by atomic mass is 79.9. The van der Waals surface area contributed by atoms with Gasteiger partial charge in [0, 0.05) is 24.3 Å². The summed E-state index contributed by atoms with van der Waals surface area (Å²) in [6, 6.07) is 16.5. The van der Waals surface area contributed by atoms with E-state index in [0.29, 0.717) is 13.2 Å². The van der Waals surface area contributed by atoms with E-state index in [-0.39, 0.29) is 0 Å². The Morgan fingerprint density at radius 2 is 1.74 bits per heavy atom. The van der Waals surface area contributed by atoms with Crippen molar-refractivity contribution in [3.05, 3.63) is 64.1 Å². The maximum Gasteiger partial charge on any atom is 0.0733 e. The van der Waals surface area contributed by atoms with E-state index < -0.39 is 0 Å². The highest BCUT2D eigenvalue weighted by Gasteiger charge is 2.03. The zero-order valence-electron chi connectivity index (χ0n) is 11.3. The molecule has 0 heterocycles. The van der Waals surface area contributed by atoms with Crippen LogP contribution < -0.4 is 4.90 Å². The van der Waals surface area contributed by atoms with E-state index in [1.165, 1.54) is 16.8 Å². The van der Waals surface area contributed by atoms with Gasteiger partial charge in [0.15, 0.2) is 0 Å². The predicted octanol–water partition coefficient (Wildman–Crippen LogP) is 4.23. The van der Waals surface area contributed by atoms with Gasteiger partial charge in [-0.25, -0.2) is 0 Å². The van der Waals surface area contributed by atoms with E-state index >= 15 is 0 Å². The van der Waals surface area contributed by atoms with Crippen LogP contribution >= 0.6 is 15.9 Å². The van der Waals surface area contributed by atoms with Gasteiger partial charge < -0.3 is 9.64 Å². The molecule has 0 saturated carbocycles. The zero-order valence-corrected chi connectivity index (χ0v) is 12.9. The number of halogens is 1. The summed E-state index contributed by atoms with van der Waals surface area (Å²) >= 11 is 3.57. The van der Waals surface area contributed by atoms with Gasteiger partial charge in [0.1, 0.15) is 0 Å². The summed E-state index contributed by atoms with van der Waals surface area (Å²) in [6.45, 7) is 1.25. The second-order valence-corrected chi connectivity index (χ2v) is 5.50. The van der Waals surface area contributed by atoms with E-state index in [1.54, 1.807) is 0 Å². The lowest BCUT2D eigenvalue weighted by Gasteiger charge is -2.15.